The minimum Gasteiger partial charge on any atom is -0.458 e. The van der Waals surface area contributed by atoms with Crippen molar-refractivity contribution in [2.75, 3.05) is 13.1 Å². The van der Waals surface area contributed by atoms with Crippen LogP contribution in [-0.4, -0.2) is 46.1 Å². The van der Waals surface area contributed by atoms with E-state index in [2.05, 4.69) is 15.3 Å². The van der Waals surface area contributed by atoms with E-state index in [-0.39, 0.29) is 18.1 Å². The van der Waals surface area contributed by atoms with Crippen LogP contribution in [0.25, 0.3) is 0 Å². The maximum Gasteiger partial charge on any atom is 0.433 e. The zero-order valence-corrected chi connectivity index (χ0v) is 14.5. The first-order valence-electron chi connectivity index (χ1n) is 9.04. The van der Waals surface area contributed by atoms with Gasteiger partial charge in [-0.25, -0.2) is 9.78 Å². The molecule has 0 spiro atoms. The summed E-state index contributed by atoms with van der Waals surface area (Å²) >= 11 is 0. The first kappa shape index (κ1) is 18.7. The first-order valence-corrected chi connectivity index (χ1v) is 9.04. The summed E-state index contributed by atoms with van der Waals surface area (Å²) in [5, 5.41) is 3.05. The number of rotatable bonds is 3. The van der Waals surface area contributed by atoms with Crippen molar-refractivity contribution in [1.82, 2.24) is 20.2 Å². The van der Waals surface area contributed by atoms with Gasteiger partial charge >= 0.3 is 18.2 Å². The predicted molar refractivity (Wildman–Crippen MR) is 87.7 cm³/mol. The number of aromatic nitrogens is 2. The second kappa shape index (κ2) is 8.09. The monoisotopic (exact) mass is 372 g/mol. The van der Waals surface area contributed by atoms with Crippen molar-refractivity contribution in [1.29, 1.82) is 0 Å². The van der Waals surface area contributed by atoms with Gasteiger partial charge in [-0.15, -0.1) is 0 Å². The molecule has 2 aliphatic rings. The number of hydrogen-bond acceptors (Lipinski definition) is 4. The molecule has 26 heavy (non-hydrogen) atoms. The Hall–Kier alpha value is -2.06. The van der Waals surface area contributed by atoms with E-state index >= 15 is 0 Å². The number of carbonyl (C=O) groups excluding carboxylic acids is 1. The minimum atomic E-state index is -4.54. The third kappa shape index (κ3) is 4.98. The van der Waals surface area contributed by atoms with Crippen LogP contribution in [0.5, 0.6) is 6.01 Å². The zero-order chi connectivity index (χ0) is 18.6. The quantitative estimate of drug-likeness (QED) is 0.883. The number of carbonyl (C=O) groups is 1. The van der Waals surface area contributed by atoms with E-state index < -0.39 is 18.0 Å². The van der Waals surface area contributed by atoms with Crippen molar-refractivity contribution in [2.45, 2.75) is 63.3 Å². The van der Waals surface area contributed by atoms with Crippen LogP contribution in [0.4, 0.5) is 18.0 Å². The highest BCUT2D eigenvalue weighted by molar-refractivity contribution is 5.74. The Morgan fingerprint density at radius 2 is 1.96 bits per heavy atom. The van der Waals surface area contributed by atoms with E-state index in [4.69, 9.17) is 4.74 Å². The second-order valence-corrected chi connectivity index (χ2v) is 6.83. The summed E-state index contributed by atoms with van der Waals surface area (Å²) in [6, 6.07) is 0.580. The van der Waals surface area contributed by atoms with Crippen LogP contribution in [0.2, 0.25) is 0 Å². The lowest BCUT2D eigenvalue weighted by Gasteiger charge is -2.34. The SMILES string of the molecule is O=C(NC1CCCCC1)N1CCCC(Oc2nccc(C(F)(F)F)n2)C1. The van der Waals surface area contributed by atoms with Crippen LogP contribution in [0.1, 0.15) is 50.6 Å². The Kier molecular flexibility index (Phi) is 5.83. The fourth-order valence-electron chi connectivity index (χ4n) is 3.44. The molecule has 1 saturated heterocycles. The van der Waals surface area contributed by atoms with Crippen LogP contribution in [0.3, 0.4) is 0 Å². The molecule has 9 heteroatoms. The number of piperidine rings is 1. The molecule has 0 radical (unpaired) electrons. The van der Waals surface area contributed by atoms with Crippen molar-refractivity contribution < 1.29 is 22.7 Å². The fraction of sp³-hybridized carbons (Fsp3) is 0.706. The topological polar surface area (TPSA) is 67.4 Å². The normalized spacial score (nSPS) is 22.1. The van der Waals surface area contributed by atoms with Gasteiger partial charge in [0.15, 0.2) is 5.69 Å². The van der Waals surface area contributed by atoms with E-state index in [1.165, 1.54) is 6.42 Å². The number of nitrogens with one attached hydrogen (secondary N) is 1. The molecule has 1 aliphatic heterocycles. The summed E-state index contributed by atoms with van der Waals surface area (Å²) in [4.78, 5) is 21.3. The Bertz CT molecular complexity index is 620. The Labute approximate surface area is 150 Å². The van der Waals surface area contributed by atoms with Crippen LogP contribution in [0.15, 0.2) is 12.3 Å². The number of likely N-dealkylation sites (tertiary alicyclic amines) is 1. The molecule has 1 saturated carbocycles. The molecule has 1 N–H and O–H groups in total. The third-order valence-electron chi connectivity index (χ3n) is 4.79. The Morgan fingerprint density at radius 3 is 2.69 bits per heavy atom. The summed E-state index contributed by atoms with van der Waals surface area (Å²) in [6.07, 6.45) is 2.91. The highest BCUT2D eigenvalue weighted by atomic mass is 19.4. The van der Waals surface area contributed by atoms with Crippen molar-refractivity contribution in [3.63, 3.8) is 0 Å². The molecule has 2 fully saturated rings. The molecule has 1 aromatic heterocycles. The van der Waals surface area contributed by atoms with Crippen LogP contribution in [-0.2, 0) is 6.18 Å². The van der Waals surface area contributed by atoms with Crippen molar-refractivity contribution >= 4 is 6.03 Å². The highest BCUT2D eigenvalue weighted by Crippen LogP contribution is 2.28. The summed E-state index contributed by atoms with van der Waals surface area (Å²) in [5.74, 6) is 0. The van der Waals surface area contributed by atoms with Crippen LogP contribution in [0, 0.1) is 0 Å². The molecular formula is C17H23F3N4O2. The molecule has 144 valence electrons. The average molecular weight is 372 g/mol. The van der Waals surface area contributed by atoms with E-state index in [1.54, 1.807) is 4.90 Å². The molecule has 1 atom stereocenters. The first-order chi connectivity index (χ1) is 12.4. The third-order valence-corrected chi connectivity index (χ3v) is 4.79. The lowest BCUT2D eigenvalue weighted by Crippen LogP contribution is -2.51. The van der Waals surface area contributed by atoms with Gasteiger partial charge in [0.1, 0.15) is 6.10 Å². The molecule has 0 bridgehead atoms. The van der Waals surface area contributed by atoms with Gasteiger partial charge in [-0.3, -0.25) is 0 Å². The highest BCUT2D eigenvalue weighted by Gasteiger charge is 2.33. The smallest absolute Gasteiger partial charge is 0.433 e. The second-order valence-electron chi connectivity index (χ2n) is 6.83. The molecular weight excluding hydrogens is 349 g/mol. The fourth-order valence-corrected chi connectivity index (χ4v) is 3.44. The number of nitrogens with zero attached hydrogens (tertiary/aromatic N) is 3. The van der Waals surface area contributed by atoms with E-state index in [0.29, 0.717) is 19.5 Å². The van der Waals surface area contributed by atoms with E-state index in [0.717, 1.165) is 44.4 Å². The number of ether oxygens (including phenoxy) is 1. The lowest BCUT2D eigenvalue weighted by molar-refractivity contribution is -0.141. The summed E-state index contributed by atoms with van der Waals surface area (Å²) in [6.45, 7) is 0.931. The van der Waals surface area contributed by atoms with E-state index in [9.17, 15) is 18.0 Å². The summed E-state index contributed by atoms with van der Waals surface area (Å²) in [5.41, 5.74) is -1.04. The van der Waals surface area contributed by atoms with Gasteiger partial charge in [0.25, 0.3) is 0 Å². The zero-order valence-electron chi connectivity index (χ0n) is 14.5. The molecule has 6 nitrogen and oxygen atoms in total. The molecule has 0 aromatic carbocycles. The Morgan fingerprint density at radius 1 is 1.19 bits per heavy atom. The molecule has 2 amide bonds. The number of halogens is 3. The van der Waals surface area contributed by atoms with Crippen molar-refractivity contribution in [3.05, 3.63) is 18.0 Å². The number of urea groups is 1. The van der Waals surface area contributed by atoms with Crippen LogP contribution >= 0.6 is 0 Å². The average Bonchev–Trinajstić information content (AvgIpc) is 2.62. The molecule has 1 aliphatic carbocycles. The van der Waals surface area contributed by atoms with Gasteiger partial charge in [-0.2, -0.15) is 18.2 Å². The molecule has 2 heterocycles. The standard InChI is InChI=1S/C17H23F3N4O2/c18-17(19,20)14-8-9-21-15(23-14)26-13-7-4-10-24(11-13)16(25)22-12-5-2-1-3-6-12/h8-9,12-13H,1-7,10-11H2,(H,22,25). The largest absolute Gasteiger partial charge is 0.458 e. The van der Waals surface area contributed by atoms with Crippen molar-refractivity contribution in [2.24, 2.45) is 0 Å². The Balaban J connectivity index is 1.55. The molecule has 3 rings (SSSR count). The lowest BCUT2D eigenvalue weighted by atomic mass is 9.96. The summed E-state index contributed by atoms with van der Waals surface area (Å²) in [7, 11) is 0. The number of alkyl halides is 3. The molecule has 1 unspecified atom stereocenters. The number of hydrogen-bond donors (Lipinski definition) is 1. The van der Waals surface area contributed by atoms with Gasteiger partial charge in [0.2, 0.25) is 0 Å². The van der Waals surface area contributed by atoms with Gasteiger partial charge in [0, 0.05) is 18.8 Å². The maximum atomic E-state index is 12.7. The molecule has 1 aromatic rings. The van der Waals surface area contributed by atoms with Gasteiger partial charge in [-0.05, 0) is 31.7 Å². The number of amides is 2. The van der Waals surface area contributed by atoms with Gasteiger partial charge in [-0.1, -0.05) is 19.3 Å². The summed E-state index contributed by atoms with van der Waals surface area (Å²) < 4.78 is 43.7. The predicted octanol–water partition coefficient (Wildman–Crippen LogP) is 3.38. The van der Waals surface area contributed by atoms with E-state index in [1.807, 2.05) is 0 Å². The van der Waals surface area contributed by atoms with Gasteiger partial charge < -0.3 is 15.0 Å². The maximum absolute atomic E-state index is 12.7. The minimum absolute atomic E-state index is 0.129. The van der Waals surface area contributed by atoms with Crippen LogP contribution < -0.4 is 10.1 Å². The van der Waals surface area contributed by atoms with Gasteiger partial charge in [0.05, 0.1) is 6.54 Å². The van der Waals surface area contributed by atoms with Crippen molar-refractivity contribution in [3.8, 4) is 6.01 Å².